The van der Waals surface area contributed by atoms with Crippen molar-refractivity contribution in [2.45, 2.75) is 6.42 Å². The SMILES string of the molecule is Cn1c(-c2c(-c3ncco3)nc(N)n3nc(Cc4c(F)cccc4F)nc23)cccc1=O. The highest BCUT2D eigenvalue weighted by molar-refractivity contribution is 5.87. The topological polar surface area (TPSA) is 117 Å². The molecule has 32 heavy (non-hydrogen) atoms. The second-order valence-electron chi connectivity index (χ2n) is 6.98. The number of hydrogen-bond donors (Lipinski definition) is 1. The molecule has 0 saturated heterocycles. The molecule has 0 amide bonds. The Kier molecular flexibility index (Phi) is 4.51. The zero-order chi connectivity index (χ0) is 22.4. The van der Waals surface area contributed by atoms with E-state index in [0.717, 1.165) is 12.1 Å². The zero-order valence-corrected chi connectivity index (χ0v) is 16.7. The minimum atomic E-state index is -0.707. The summed E-state index contributed by atoms with van der Waals surface area (Å²) >= 11 is 0. The Bertz CT molecular complexity index is 1500. The van der Waals surface area contributed by atoms with Gasteiger partial charge in [0.1, 0.15) is 23.6 Å². The first-order chi connectivity index (χ1) is 15.4. The number of aromatic nitrogens is 6. The molecule has 0 aliphatic heterocycles. The molecule has 0 spiro atoms. The van der Waals surface area contributed by atoms with Crippen molar-refractivity contribution in [1.29, 1.82) is 0 Å². The minimum Gasteiger partial charge on any atom is -0.443 e. The molecule has 4 aromatic heterocycles. The number of nitrogen functional groups attached to an aromatic ring is 1. The van der Waals surface area contributed by atoms with Crippen LogP contribution in [-0.4, -0.2) is 29.1 Å². The molecular weight excluding hydrogens is 420 g/mol. The van der Waals surface area contributed by atoms with Gasteiger partial charge in [-0.15, -0.1) is 5.10 Å². The Morgan fingerprint density at radius 2 is 1.84 bits per heavy atom. The first kappa shape index (κ1) is 19.5. The van der Waals surface area contributed by atoms with E-state index >= 15 is 0 Å². The van der Waals surface area contributed by atoms with Gasteiger partial charge >= 0.3 is 0 Å². The molecule has 0 atom stereocenters. The van der Waals surface area contributed by atoms with Crippen molar-refractivity contribution in [3.8, 4) is 22.8 Å². The molecule has 0 aliphatic rings. The van der Waals surface area contributed by atoms with Crippen molar-refractivity contribution in [2.75, 3.05) is 5.73 Å². The van der Waals surface area contributed by atoms with Gasteiger partial charge in [0.25, 0.3) is 5.56 Å². The second kappa shape index (κ2) is 7.38. The predicted octanol–water partition coefficient (Wildman–Crippen LogP) is 2.60. The molecule has 0 saturated carbocycles. The van der Waals surface area contributed by atoms with E-state index in [1.165, 1.54) is 33.7 Å². The van der Waals surface area contributed by atoms with Crippen molar-refractivity contribution < 1.29 is 13.2 Å². The minimum absolute atomic E-state index is 0.0364. The predicted molar refractivity (Wildman–Crippen MR) is 111 cm³/mol. The summed E-state index contributed by atoms with van der Waals surface area (Å²) in [6, 6.07) is 8.31. The first-order valence-electron chi connectivity index (χ1n) is 9.48. The van der Waals surface area contributed by atoms with Crippen LogP contribution in [0.25, 0.3) is 28.5 Å². The lowest BCUT2D eigenvalue weighted by Crippen LogP contribution is -2.17. The lowest BCUT2D eigenvalue weighted by molar-refractivity contribution is 0.559. The Labute approximate surface area is 178 Å². The number of pyridine rings is 1. The fourth-order valence-electron chi connectivity index (χ4n) is 3.48. The zero-order valence-electron chi connectivity index (χ0n) is 16.7. The van der Waals surface area contributed by atoms with E-state index < -0.39 is 11.6 Å². The van der Waals surface area contributed by atoms with Crippen LogP contribution in [0.4, 0.5) is 14.7 Å². The van der Waals surface area contributed by atoms with Gasteiger partial charge in [0, 0.05) is 25.1 Å². The van der Waals surface area contributed by atoms with Gasteiger partial charge < -0.3 is 14.7 Å². The van der Waals surface area contributed by atoms with E-state index in [1.807, 2.05) is 0 Å². The number of rotatable bonds is 4. The van der Waals surface area contributed by atoms with Gasteiger partial charge in [-0.1, -0.05) is 12.1 Å². The molecule has 5 rings (SSSR count). The van der Waals surface area contributed by atoms with Crippen molar-refractivity contribution in [3.05, 3.63) is 82.2 Å². The van der Waals surface area contributed by atoms with Crippen LogP contribution in [0.1, 0.15) is 11.4 Å². The number of anilines is 1. The molecule has 2 N–H and O–H groups in total. The number of nitrogens with two attached hydrogens (primary N) is 1. The number of fused-ring (bicyclic) bond motifs is 1. The van der Waals surface area contributed by atoms with Crippen LogP contribution < -0.4 is 11.3 Å². The molecule has 5 aromatic rings. The van der Waals surface area contributed by atoms with Crippen molar-refractivity contribution in [2.24, 2.45) is 7.05 Å². The smallest absolute Gasteiger partial charge is 0.250 e. The van der Waals surface area contributed by atoms with Gasteiger partial charge in [-0.2, -0.15) is 4.52 Å². The third-order valence-electron chi connectivity index (χ3n) is 5.03. The Balaban J connectivity index is 1.79. The molecule has 0 aliphatic carbocycles. The Hall–Kier alpha value is -4.41. The van der Waals surface area contributed by atoms with E-state index in [2.05, 4.69) is 20.1 Å². The molecule has 160 valence electrons. The first-order valence-corrected chi connectivity index (χ1v) is 9.48. The van der Waals surface area contributed by atoms with Gasteiger partial charge in [0.2, 0.25) is 11.8 Å². The van der Waals surface area contributed by atoms with Crippen molar-refractivity contribution >= 4 is 11.6 Å². The summed E-state index contributed by atoms with van der Waals surface area (Å²) in [7, 11) is 1.59. The monoisotopic (exact) mass is 435 g/mol. The van der Waals surface area contributed by atoms with E-state index in [1.54, 1.807) is 19.2 Å². The maximum atomic E-state index is 14.2. The van der Waals surface area contributed by atoms with Gasteiger partial charge in [0.15, 0.2) is 11.5 Å². The molecular formula is C21H15F2N7O2. The van der Waals surface area contributed by atoms with E-state index in [4.69, 9.17) is 10.2 Å². The summed E-state index contributed by atoms with van der Waals surface area (Å²) in [5.74, 6) is -1.17. The lowest BCUT2D eigenvalue weighted by atomic mass is 10.1. The number of hydrogen-bond acceptors (Lipinski definition) is 7. The number of benzene rings is 1. The van der Waals surface area contributed by atoms with Gasteiger partial charge in [-0.05, 0) is 18.2 Å². The fourth-order valence-corrected chi connectivity index (χ4v) is 3.48. The highest BCUT2D eigenvalue weighted by Gasteiger charge is 2.24. The molecule has 0 fully saturated rings. The van der Waals surface area contributed by atoms with E-state index in [9.17, 15) is 13.6 Å². The highest BCUT2D eigenvalue weighted by atomic mass is 19.1. The number of oxazole rings is 1. The van der Waals surface area contributed by atoms with Crippen LogP contribution in [0.15, 0.2) is 58.1 Å². The average Bonchev–Trinajstić information content (AvgIpc) is 3.44. The largest absolute Gasteiger partial charge is 0.443 e. The number of nitrogens with zero attached hydrogens (tertiary/aromatic N) is 6. The van der Waals surface area contributed by atoms with Crippen LogP contribution in [0, 0.1) is 11.6 Å². The summed E-state index contributed by atoms with van der Waals surface area (Å²) in [4.78, 5) is 25.3. The van der Waals surface area contributed by atoms with Gasteiger partial charge in [-0.25, -0.2) is 23.7 Å². The van der Waals surface area contributed by atoms with Crippen LogP contribution in [0.3, 0.4) is 0 Å². The summed E-state index contributed by atoms with van der Waals surface area (Å²) in [6.07, 6.45) is 2.62. The standard InChI is InChI=1S/C21H15F2N7O2/c1-29-14(6-3-7-16(29)31)17-18(20-25-8-9-32-20)27-21(24)30-19(17)26-15(28-30)10-11-12(22)4-2-5-13(11)23/h2-9H,10H2,1H3,(H2,24,27). The molecule has 9 nitrogen and oxygen atoms in total. The van der Waals surface area contributed by atoms with Gasteiger partial charge in [0.05, 0.1) is 17.5 Å². The van der Waals surface area contributed by atoms with E-state index in [0.29, 0.717) is 11.3 Å². The third-order valence-corrected chi connectivity index (χ3v) is 5.03. The summed E-state index contributed by atoms with van der Waals surface area (Å²) in [6.45, 7) is 0. The van der Waals surface area contributed by atoms with Crippen molar-refractivity contribution in [3.63, 3.8) is 0 Å². The Morgan fingerprint density at radius 1 is 1.09 bits per heavy atom. The molecule has 4 heterocycles. The molecule has 11 heteroatoms. The van der Waals surface area contributed by atoms with E-state index in [-0.39, 0.29) is 46.5 Å². The molecule has 0 bridgehead atoms. The Morgan fingerprint density at radius 3 is 2.56 bits per heavy atom. The fraction of sp³-hybridized carbons (Fsp3) is 0.0952. The maximum absolute atomic E-state index is 14.2. The highest BCUT2D eigenvalue weighted by Crippen LogP contribution is 2.33. The van der Waals surface area contributed by atoms with Crippen LogP contribution in [0.5, 0.6) is 0 Å². The molecule has 1 aromatic carbocycles. The molecule has 0 radical (unpaired) electrons. The van der Waals surface area contributed by atoms with Crippen LogP contribution in [0.2, 0.25) is 0 Å². The lowest BCUT2D eigenvalue weighted by Gasteiger charge is -2.12. The average molecular weight is 435 g/mol. The third kappa shape index (κ3) is 3.11. The quantitative estimate of drug-likeness (QED) is 0.461. The van der Waals surface area contributed by atoms with Gasteiger partial charge in [-0.3, -0.25) is 4.79 Å². The maximum Gasteiger partial charge on any atom is 0.250 e. The summed E-state index contributed by atoms with van der Waals surface area (Å²) in [5.41, 5.74) is 7.00. The van der Waals surface area contributed by atoms with Crippen molar-refractivity contribution in [1.82, 2.24) is 29.1 Å². The molecule has 0 unspecified atom stereocenters. The summed E-state index contributed by atoms with van der Waals surface area (Å²) < 4.78 is 36.4. The van der Waals surface area contributed by atoms with Crippen LogP contribution >= 0.6 is 0 Å². The van der Waals surface area contributed by atoms with Crippen LogP contribution in [-0.2, 0) is 13.5 Å². The number of halogens is 2. The summed E-state index contributed by atoms with van der Waals surface area (Å²) in [5, 5.41) is 4.30. The second-order valence-corrected chi connectivity index (χ2v) is 6.98. The normalized spacial score (nSPS) is 11.3.